The van der Waals surface area contributed by atoms with E-state index in [1.54, 1.807) is 28.5 Å². The topological polar surface area (TPSA) is 77.6 Å². The zero-order valence-corrected chi connectivity index (χ0v) is 17.6. The molecule has 0 saturated carbocycles. The number of carbonyl (C=O) groups is 1. The number of nitrogens with zero attached hydrogens (tertiary/aromatic N) is 5. The van der Waals surface area contributed by atoms with E-state index in [0.29, 0.717) is 11.2 Å². The van der Waals surface area contributed by atoms with Gasteiger partial charge in [0.05, 0.1) is 38.8 Å². The van der Waals surface area contributed by atoms with E-state index >= 15 is 0 Å². The number of carbonyl (C=O) groups excluding carboxylic acids is 1. The molecule has 7 nitrogen and oxygen atoms in total. The third kappa shape index (κ3) is 3.05. The van der Waals surface area contributed by atoms with Gasteiger partial charge in [0.2, 0.25) is 0 Å². The van der Waals surface area contributed by atoms with Crippen molar-refractivity contribution in [3.8, 4) is 10.6 Å². The van der Waals surface area contributed by atoms with Gasteiger partial charge in [-0.25, -0.2) is 19.3 Å². The van der Waals surface area contributed by atoms with Crippen molar-refractivity contribution in [3.63, 3.8) is 0 Å². The van der Waals surface area contributed by atoms with Crippen LogP contribution in [0.3, 0.4) is 0 Å². The molecule has 0 aliphatic rings. The number of fused-ring (bicyclic) bond motifs is 2. The third-order valence-electron chi connectivity index (χ3n) is 4.97. The molecule has 5 aromatic rings. The molecule has 0 saturated heterocycles. The van der Waals surface area contributed by atoms with E-state index in [1.807, 2.05) is 54.9 Å². The first kappa shape index (κ1) is 18.5. The molecule has 1 aromatic carbocycles. The Morgan fingerprint density at radius 3 is 2.77 bits per heavy atom. The minimum atomic E-state index is -0.233. The number of rotatable bonds is 4. The van der Waals surface area contributed by atoms with Gasteiger partial charge in [0.25, 0.3) is 5.91 Å². The number of nitrogens with one attached hydrogen (secondary N) is 1. The first-order chi connectivity index (χ1) is 14.5. The summed E-state index contributed by atoms with van der Waals surface area (Å²) in [6.45, 7) is 6.16. The van der Waals surface area contributed by atoms with E-state index in [-0.39, 0.29) is 11.9 Å². The van der Waals surface area contributed by atoms with Crippen molar-refractivity contribution in [2.45, 2.75) is 26.8 Å². The lowest BCUT2D eigenvalue weighted by Crippen LogP contribution is -2.22. The second kappa shape index (κ2) is 7.07. The maximum atomic E-state index is 13.3. The summed E-state index contributed by atoms with van der Waals surface area (Å²) in [4.78, 5) is 24.7. The van der Waals surface area contributed by atoms with Crippen molar-refractivity contribution in [1.82, 2.24) is 24.4 Å². The molecule has 0 aliphatic heterocycles. The molecule has 30 heavy (non-hydrogen) atoms. The zero-order valence-electron chi connectivity index (χ0n) is 16.8. The highest BCUT2D eigenvalue weighted by Gasteiger charge is 2.19. The summed E-state index contributed by atoms with van der Waals surface area (Å²) in [7, 11) is 0. The summed E-state index contributed by atoms with van der Waals surface area (Å²) in [6.07, 6.45) is 3.33. The molecule has 4 heterocycles. The van der Waals surface area contributed by atoms with Crippen molar-refractivity contribution < 1.29 is 4.79 Å². The number of aryl methyl sites for hydroxylation is 1. The molecule has 1 amide bonds. The van der Waals surface area contributed by atoms with Crippen molar-refractivity contribution in [3.05, 3.63) is 65.4 Å². The van der Waals surface area contributed by atoms with E-state index in [0.717, 1.165) is 27.0 Å². The van der Waals surface area contributed by atoms with Gasteiger partial charge in [0, 0.05) is 10.9 Å². The van der Waals surface area contributed by atoms with Crippen LogP contribution in [0.2, 0.25) is 0 Å². The maximum absolute atomic E-state index is 13.3. The average molecular weight is 417 g/mol. The minimum absolute atomic E-state index is 0.129. The molecule has 0 aliphatic carbocycles. The molecule has 0 fully saturated rings. The van der Waals surface area contributed by atoms with Gasteiger partial charge >= 0.3 is 0 Å². The van der Waals surface area contributed by atoms with Gasteiger partial charge in [-0.3, -0.25) is 10.2 Å². The molecular formula is C22H20N6OS. The quantitative estimate of drug-likeness (QED) is 0.457. The highest BCUT2D eigenvalue weighted by Crippen LogP contribution is 2.30. The van der Waals surface area contributed by atoms with E-state index in [9.17, 15) is 4.79 Å². The fraction of sp³-hybridized carbons (Fsp3) is 0.182. The van der Waals surface area contributed by atoms with Gasteiger partial charge in [0.15, 0.2) is 5.65 Å². The van der Waals surface area contributed by atoms with E-state index in [4.69, 9.17) is 4.98 Å². The molecule has 0 radical (unpaired) electrons. The predicted molar refractivity (Wildman–Crippen MR) is 119 cm³/mol. The predicted octanol–water partition coefficient (Wildman–Crippen LogP) is 4.78. The summed E-state index contributed by atoms with van der Waals surface area (Å²) < 4.78 is 3.49. The number of para-hydroxylation sites is 2. The Bertz CT molecular complexity index is 1390. The molecule has 5 rings (SSSR count). The summed E-state index contributed by atoms with van der Waals surface area (Å²) >= 11 is 1.65. The van der Waals surface area contributed by atoms with Crippen LogP contribution in [-0.4, -0.2) is 30.3 Å². The number of pyridine rings is 1. The monoisotopic (exact) mass is 416 g/mol. The molecule has 150 valence electrons. The summed E-state index contributed by atoms with van der Waals surface area (Å²) in [6, 6.07) is 13.7. The van der Waals surface area contributed by atoms with Crippen molar-refractivity contribution >= 4 is 39.3 Å². The molecular weight excluding hydrogens is 396 g/mol. The third-order valence-corrected chi connectivity index (χ3v) is 5.99. The van der Waals surface area contributed by atoms with Gasteiger partial charge in [-0.15, -0.1) is 11.3 Å². The van der Waals surface area contributed by atoms with Crippen LogP contribution < -0.4 is 5.43 Å². The van der Waals surface area contributed by atoms with Crippen LogP contribution in [0.4, 0.5) is 0 Å². The largest absolute Gasteiger partial charge is 0.271 e. The highest BCUT2D eigenvalue weighted by atomic mass is 32.1. The molecule has 0 spiro atoms. The van der Waals surface area contributed by atoms with Crippen LogP contribution in [0.5, 0.6) is 0 Å². The maximum Gasteiger partial charge on any atom is 0.271 e. The van der Waals surface area contributed by atoms with Gasteiger partial charge in [0.1, 0.15) is 6.33 Å². The fourth-order valence-electron chi connectivity index (χ4n) is 3.50. The molecule has 0 bridgehead atoms. The first-order valence-electron chi connectivity index (χ1n) is 9.70. The second-order valence-electron chi connectivity index (χ2n) is 7.43. The van der Waals surface area contributed by atoms with Crippen molar-refractivity contribution in [2.24, 2.45) is 0 Å². The number of thiophene rings is 1. The lowest BCUT2D eigenvalue weighted by atomic mass is 10.1. The Morgan fingerprint density at radius 2 is 2.00 bits per heavy atom. The van der Waals surface area contributed by atoms with Crippen LogP contribution in [-0.2, 0) is 0 Å². The average Bonchev–Trinajstić information content (AvgIpc) is 3.45. The molecule has 0 unspecified atom stereocenters. The Balaban J connectivity index is 1.64. The van der Waals surface area contributed by atoms with Crippen molar-refractivity contribution in [1.29, 1.82) is 0 Å². The molecule has 8 heteroatoms. The van der Waals surface area contributed by atoms with Crippen LogP contribution in [0.1, 0.15) is 35.1 Å². The minimum Gasteiger partial charge on any atom is -0.267 e. The van der Waals surface area contributed by atoms with Crippen LogP contribution in [0.15, 0.2) is 55.0 Å². The standard InChI is InChI=1S/C22H20N6OS/c1-13(2)28-21-16(11-24-28)15(10-18(25-21)20-9-8-14(3)30-20)22(29)26-27-12-23-17-6-4-5-7-19(17)27/h4-13H,1-3H3,(H,26,29). The van der Waals surface area contributed by atoms with E-state index in [2.05, 4.69) is 28.5 Å². The first-order valence-corrected chi connectivity index (χ1v) is 10.5. The lowest BCUT2D eigenvalue weighted by molar-refractivity contribution is 0.101. The van der Waals surface area contributed by atoms with Crippen LogP contribution in [0, 0.1) is 6.92 Å². The number of imidazole rings is 1. The summed E-state index contributed by atoms with van der Waals surface area (Å²) in [5.74, 6) is -0.233. The zero-order chi connectivity index (χ0) is 20.8. The van der Waals surface area contributed by atoms with Crippen molar-refractivity contribution in [2.75, 3.05) is 5.43 Å². The normalized spacial score (nSPS) is 11.6. The van der Waals surface area contributed by atoms with Gasteiger partial charge in [-0.05, 0) is 51.1 Å². The summed E-state index contributed by atoms with van der Waals surface area (Å²) in [5.41, 5.74) is 6.61. The van der Waals surface area contributed by atoms with Crippen LogP contribution >= 0.6 is 11.3 Å². The number of aromatic nitrogens is 5. The highest BCUT2D eigenvalue weighted by molar-refractivity contribution is 7.15. The van der Waals surface area contributed by atoms with Gasteiger partial charge in [-0.1, -0.05) is 12.1 Å². The Hall–Kier alpha value is -3.52. The smallest absolute Gasteiger partial charge is 0.267 e. The second-order valence-corrected chi connectivity index (χ2v) is 8.72. The van der Waals surface area contributed by atoms with Gasteiger partial charge < -0.3 is 0 Å². The number of hydrogen-bond acceptors (Lipinski definition) is 5. The van der Waals surface area contributed by atoms with E-state index in [1.165, 1.54) is 4.88 Å². The molecule has 0 atom stereocenters. The Kier molecular flexibility index (Phi) is 4.36. The number of benzene rings is 1. The van der Waals surface area contributed by atoms with E-state index < -0.39 is 0 Å². The van der Waals surface area contributed by atoms with Gasteiger partial charge in [-0.2, -0.15) is 5.10 Å². The summed E-state index contributed by atoms with van der Waals surface area (Å²) in [5, 5.41) is 5.21. The van der Waals surface area contributed by atoms with Crippen LogP contribution in [0.25, 0.3) is 32.6 Å². The Labute approximate surface area is 177 Å². The lowest BCUT2D eigenvalue weighted by Gasteiger charge is -2.11. The fourth-order valence-corrected chi connectivity index (χ4v) is 4.33. The number of hydrogen-bond donors (Lipinski definition) is 1. The number of amides is 1. The molecule has 1 N–H and O–H groups in total. The SMILES string of the molecule is Cc1ccc(-c2cc(C(=O)Nn3cnc4ccccc43)c3cnn(C(C)C)c3n2)s1. The Morgan fingerprint density at radius 1 is 1.17 bits per heavy atom. The molecule has 4 aromatic heterocycles.